The second kappa shape index (κ2) is 8.46. The number of hydrogen-bond acceptors (Lipinski definition) is 6. The van der Waals surface area contributed by atoms with E-state index in [0.29, 0.717) is 17.3 Å². The van der Waals surface area contributed by atoms with Gasteiger partial charge in [-0.15, -0.1) is 11.3 Å². The summed E-state index contributed by atoms with van der Waals surface area (Å²) in [4.78, 5) is 33.0. The van der Waals surface area contributed by atoms with Gasteiger partial charge in [0.2, 0.25) is 0 Å². The minimum Gasteiger partial charge on any atom is -0.494 e. The van der Waals surface area contributed by atoms with Crippen LogP contribution in [0.3, 0.4) is 0 Å². The molecular formula is C24H26N2O4S. The quantitative estimate of drug-likeness (QED) is 0.605. The number of hydrogen-bond donors (Lipinski definition) is 0. The van der Waals surface area contributed by atoms with Crippen LogP contribution in [0.15, 0.2) is 47.2 Å². The van der Waals surface area contributed by atoms with Crippen molar-refractivity contribution in [3.63, 3.8) is 0 Å². The van der Waals surface area contributed by atoms with Crippen molar-refractivity contribution in [2.45, 2.75) is 57.6 Å². The van der Waals surface area contributed by atoms with Crippen molar-refractivity contribution in [3.05, 3.63) is 52.7 Å². The van der Waals surface area contributed by atoms with Gasteiger partial charge in [0.1, 0.15) is 11.9 Å². The molecule has 3 atom stereocenters. The largest absolute Gasteiger partial charge is 0.494 e. The molecule has 0 spiro atoms. The zero-order valence-electron chi connectivity index (χ0n) is 17.6. The molecule has 3 aliphatic rings. The van der Waals surface area contributed by atoms with E-state index in [9.17, 15) is 9.59 Å². The van der Waals surface area contributed by atoms with Gasteiger partial charge in [-0.3, -0.25) is 14.5 Å². The fourth-order valence-corrected chi connectivity index (χ4v) is 5.44. The third-order valence-electron chi connectivity index (χ3n) is 6.35. The number of Topliss-reactive ketones (excluding diaryl/α,β-unsaturated/α-hetero) is 1. The van der Waals surface area contributed by atoms with Gasteiger partial charge in [-0.25, -0.2) is 4.98 Å². The molecule has 1 aromatic carbocycles. The number of ketones is 1. The van der Waals surface area contributed by atoms with Crippen molar-refractivity contribution in [2.75, 3.05) is 11.5 Å². The van der Waals surface area contributed by atoms with E-state index in [1.54, 1.807) is 11.1 Å². The Morgan fingerprint density at radius 1 is 1.19 bits per heavy atom. The number of rotatable bonds is 6. The molecule has 1 aliphatic carbocycles. The first-order valence-corrected chi connectivity index (χ1v) is 12.0. The molecule has 0 bridgehead atoms. The van der Waals surface area contributed by atoms with E-state index < -0.39 is 6.04 Å². The molecule has 5 rings (SSSR count). The number of amides is 1. The van der Waals surface area contributed by atoms with E-state index in [1.807, 2.05) is 29.6 Å². The fraction of sp³-hybridized carbons (Fsp3) is 0.458. The van der Waals surface area contributed by atoms with Gasteiger partial charge in [0.15, 0.2) is 16.7 Å². The van der Waals surface area contributed by atoms with Crippen LogP contribution in [0.2, 0.25) is 0 Å². The van der Waals surface area contributed by atoms with Gasteiger partial charge in [-0.2, -0.15) is 0 Å². The van der Waals surface area contributed by atoms with Crippen molar-refractivity contribution in [3.8, 4) is 5.75 Å². The maximum absolute atomic E-state index is 13.6. The molecule has 2 aliphatic heterocycles. The smallest absolute Gasteiger partial charge is 0.296 e. The minimum absolute atomic E-state index is 0.0617. The normalized spacial score (nSPS) is 25.3. The van der Waals surface area contributed by atoms with E-state index in [-0.39, 0.29) is 29.5 Å². The van der Waals surface area contributed by atoms with Gasteiger partial charge in [0, 0.05) is 11.6 Å². The van der Waals surface area contributed by atoms with Crippen LogP contribution in [0.25, 0.3) is 0 Å². The van der Waals surface area contributed by atoms with E-state index in [1.165, 1.54) is 11.3 Å². The zero-order chi connectivity index (χ0) is 21.4. The van der Waals surface area contributed by atoms with Crippen LogP contribution in [0.4, 0.5) is 5.13 Å². The topological polar surface area (TPSA) is 68.7 Å². The number of thiazole rings is 1. The van der Waals surface area contributed by atoms with E-state index >= 15 is 0 Å². The van der Waals surface area contributed by atoms with Crippen LogP contribution in [-0.2, 0) is 14.3 Å². The highest BCUT2D eigenvalue weighted by molar-refractivity contribution is 7.13. The molecule has 0 N–H and O–H groups in total. The summed E-state index contributed by atoms with van der Waals surface area (Å²) in [6, 6.07) is 7.18. The number of carbonyl (C=O) groups excluding carboxylic acids is 2. The number of anilines is 1. The highest BCUT2D eigenvalue weighted by Gasteiger charge is 2.52. The van der Waals surface area contributed by atoms with Gasteiger partial charge in [-0.1, -0.05) is 31.9 Å². The summed E-state index contributed by atoms with van der Waals surface area (Å²) in [5.41, 5.74) is 1.35. The third kappa shape index (κ3) is 3.55. The van der Waals surface area contributed by atoms with Crippen LogP contribution in [-0.4, -0.2) is 29.4 Å². The van der Waals surface area contributed by atoms with E-state index in [0.717, 1.165) is 49.8 Å². The predicted molar refractivity (Wildman–Crippen MR) is 118 cm³/mol. The highest BCUT2D eigenvalue weighted by atomic mass is 32.1. The van der Waals surface area contributed by atoms with Crippen molar-refractivity contribution < 1.29 is 19.1 Å². The molecule has 3 heterocycles. The number of benzene rings is 1. The fourth-order valence-electron chi connectivity index (χ4n) is 4.77. The first-order valence-electron chi connectivity index (χ1n) is 11.1. The summed E-state index contributed by atoms with van der Waals surface area (Å²) in [6.07, 6.45) is 7.27. The lowest BCUT2D eigenvalue weighted by atomic mass is 9.77. The lowest BCUT2D eigenvalue weighted by molar-refractivity contribution is -0.131. The van der Waals surface area contributed by atoms with Crippen molar-refractivity contribution in [1.82, 2.24) is 4.98 Å². The average molecular weight is 439 g/mol. The van der Waals surface area contributed by atoms with Crippen LogP contribution < -0.4 is 9.64 Å². The molecule has 1 aromatic heterocycles. The standard InChI is InChI=1S/C24H26N2O4S/c1-2-3-13-29-16-10-8-15(9-11-16)20-19-21(27)17-6-4-5-7-18(17)30-22(19)23(28)26(20)24-25-12-14-31-24/h8-12,14,17-18,20H,2-7,13H2,1H3. The molecule has 1 fully saturated rings. The maximum atomic E-state index is 13.6. The van der Waals surface area contributed by atoms with Crippen LogP contribution >= 0.6 is 11.3 Å². The molecule has 2 aromatic rings. The molecule has 3 unspecified atom stereocenters. The molecular weight excluding hydrogens is 412 g/mol. The summed E-state index contributed by atoms with van der Waals surface area (Å²) in [7, 11) is 0. The van der Waals surface area contributed by atoms with Crippen molar-refractivity contribution in [1.29, 1.82) is 0 Å². The molecule has 31 heavy (non-hydrogen) atoms. The highest BCUT2D eigenvalue weighted by Crippen LogP contribution is 2.48. The maximum Gasteiger partial charge on any atom is 0.296 e. The van der Waals surface area contributed by atoms with Gasteiger partial charge >= 0.3 is 0 Å². The van der Waals surface area contributed by atoms with E-state index in [4.69, 9.17) is 9.47 Å². The molecule has 0 radical (unpaired) electrons. The van der Waals surface area contributed by atoms with Crippen molar-refractivity contribution in [2.24, 2.45) is 5.92 Å². The van der Waals surface area contributed by atoms with Crippen molar-refractivity contribution >= 4 is 28.2 Å². The second-order valence-electron chi connectivity index (χ2n) is 8.32. The molecule has 7 heteroatoms. The number of nitrogens with zero attached hydrogens (tertiary/aromatic N) is 2. The Kier molecular flexibility index (Phi) is 5.52. The first-order chi connectivity index (χ1) is 15.2. The van der Waals surface area contributed by atoms with Crippen LogP contribution in [0.1, 0.15) is 57.1 Å². The lowest BCUT2D eigenvalue weighted by Crippen LogP contribution is -2.39. The Hall–Kier alpha value is -2.67. The van der Waals surface area contributed by atoms with Gasteiger partial charge < -0.3 is 9.47 Å². The number of unbranched alkanes of at least 4 members (excludes halogenated alkanes) is 1. The Bertz CT molecular complexity index is 999. The SMILES string of the molecule is CCCCOc1ccc(C2C3=C(OC4CCCCC4C3=O)C(=O)N2c2nccs2)cc1. The van der Waals surface area contributed by atoms with Gasteiger partial charge in [-0.05, 0) is 43.4 Å². The summed E-state index contributed by atoms with van der Waals surface area (Å²) in [6.45, 7) is 2.80. The van der Waals surface area contributed by atoms with E-state index in [2.05, 4.69) is 11.9 Å². The van der Waals surface area contributed by atoms with Crippen LogP contribution in [0, 0.1) is 5.92 Å². The minimum atomic E-state index is -0.520. The monoisotopic (exact) mass is 438 g/mol. The number of carbonyl (C=O) groups is 2. The number of fused-ring (bicyclic) bond motifs is 1. The zero-order valence-corrected chi connectivity index (χ0v) is 18.4. The molecule has 0 saturated heterocycles. The number of ether oxygens (including phenoxy) is 2. The number of aromatic nitrogens is 1. The second-order valence-corrected chi connectivity index (χ2v) is 9.19. The average Bonchev–Trinajstić information content (AvgIpc) is 3.41. The predicted octanol–water partition coefficient (Wildman–Crippen LogP) is 4.82. The molecule has 6 nitrogen and oxygen atoms in total. The van der Waals surface area contributed by atoms with Gasteiger partial charge in [0.05, 0.1) is 24.1 Å². The summed E-state index contributed by atoms with van der Waals surface area (Å²) in [5, 5.41) is 2.41. The summed E-state index contributed by atoms with van der Waals surface area (Å²) >= 11 is 1.39. The summed E-state index contributed by atoms with van der Waals surface area (Å²) < 4.78 is 12.0. The summed E-state index contributed by atoms with van der Waals surface area (Å²) in [5.74, 6) is 0.643. The van der Waals surface area contributed by atoms with Gasteiger partial charge in [0.25, 0.3) is 5.91 Å². The lowest BCUT2D eigenvalue weighted by Gasteiger charge is -2.35. The molecule has 1 saturated carbocycles. The first kappa shape index (κ1) is 20.2. The Morgan fingerprint density at radius 2 is 2.00 bits per heavy atom. The molecule has 162 valence electrons. The Labute approximate surface area is 185 Å². The Morgan fingerprint density at radius 3 is 2.74 bits per heavy atom. The Balaban J connectivity index is 1.52. The van der Waals surface area contributed by atoms with Crippen LogP contribution in [0.5, 0.6) is 5.75 Å². The molecule has 1 amide bonds. The third-order valence-corrected chi connectivity index (χ3v) is 7.12.